The van der Waals surface area contributed by atoms with Crippen molar-refractivity contribution in [3.05, 3.63) is 29.8 Å². The fourth-order valence-electron chi connectivity index (χ4n) is 2.42. The van der Waals surface area contributed by atoms with E-state index in [-0.39, 0.29) is 0 Å². The molecule has 1 fully saturated rings. The first-order valence-corrected chi connectivity index (χ1v) is 5.28. The molecular formula is C12H14O2. The van der Waals surface area contributed by atoms with Crippen LogP contribution in [0.5, 0.6) is 5.75 Å². The van der Waals surface area contributed by atoms with E-state index in [2.05, 4.69) is 12.1 Å². The van der Waals surface area contributed by atoms with Crippen LogP contribution in [0.1, 0.15) is 24.3 Å². The van der Waals surface area contributed by atoms with Gasteiger partial charge in [0.15, 0.2) is 0 Å². The average Bonchev–Trinajstić information content (AvgIpc) is 2.85. The zero-order chi connectivity index (χ0) is 9.38. The van der Waals surface area contributed by atoms with Gasteiger partial charge in [0.05, 0.1) is 12.7 Å². The van der Waals surface area contributed by atoms with Gasteiger partial charge in [-0.25, -0.2) is 0 Å². The van der Waals surface area contributed by atoms with Gasteiger partial charge in [0.2, 0.25) is 0 Å². The van der Waals surface area contributed by atoms with Crippen molar-refractivity contribution in [2.75, 3.05) is 13.2 Å². The summed E-state index contributed by atoms with van der Waals surface area (Å²) in [6.07, 6.45) is 2.77. The van der Waals surface area contributed by atoms with Crippen molar-refractivity contribution in [3.8, 4) is 5.75 Å². The summed E-state index contributed by atoms with van der Waals surface area (Å²) < 4.78 is 11.4. The lowest BCUT2D eigenvalue weighted by atomic mass is 9.94. The summed E-state index contributed by atoms with van der Waals surface area (Å²) in [6.45, 7) is 1.72. The predicted molar refractivity (Wildman–Crippen MR) is 53.7 cm³/mol. The molecule has 2 heterocycles. The third-order valence-electron chi connectivity index (χ3n) is 3.15. The van der Waals surface area contributed by atoms with E-state index < -0.39 is 0 Å². The third-order valence-corrected chi connectivity index (χ3v) is 3.15. The highest BCUT2D eigenvalue weighted by molar-refractivity contribution is 5.40. The molecule has 3 rings (SSSR count). The molecular weight excluding hydrogens is 176 g/mol. The average molecular weight is 190 g/mol. The molecule has 2 aliphatic heterocycles. The van der Waals surface area contributed by atoms with E-state index in [4.69, 9.17) is 9.47 Å². The Labute approximate surface area is 83.8 Å². The maximum atomic E-state index is 5.71. The Morgan fingerprint density at radius 3 is 3.00 bits per heavy atom. The molecule has 1 saturated heterocycles. The summed E-state index contributed by atoms with van der Waals surface area (Å²) in [5.41, 5.74) is 1.33. The molecule has 14 heavy (non-hydrogen) atoms. The number of ether oxygens (including phenoxy) is 2. The van der Waals surface area contributed by atoms with Crippen molar-refractivity contribution < 1.29 is 9.47 Å². The highest BCUT2D eigenvalue weighted by Crippen LogP contribution is 2.39. The van der Waals surface area contributed by atoms with Gasteiger partial charge in [0, 0.05) is 18.1 Å². The van der Waals surface area contributed by atoms with E-state index >= 15 is 0 Å². The first-order valence-electron chi connectivity index (χ1n) is 5.28. The van der Waals surface area contributed by atoms with Crippen molar-refractivity contribution in [3.63, 3.8) is 0 Å². The summed E-state index contributed by atoms with van der Waals surface area (Å²) in [5, 5.41) is 0. The molecule has 0 N–H and O–H groups in total. The van der Waals surface area contributed by atoms with Crippen LogP contribution in [-0.4, -0.2) is 19.3 Å². The normalized spacial score (nSPS) is 30.0. The number of fused-ring (bicyclic) bond motifs is 1. The zero-order valence-electron chi connectivity index (χ0n) is 8.11. The lowest BCUT2D eigenvalue weighted by Gasteiger charge is -2.16. The quantitative estimate of drug-likeness (QED) is 0.676. The number of benzene rings is 1. The molecule has 2 aliphatic rings. The Kier molecular flexibility index (Phi) is 1.95. The number of para-hydroxylation sites is 1. The Morgan fingerprint density at radius 1 is 1.21 bits per heavy atom. The number of rotatable bonds is 1. The Bertz CT molecular complexity index is 329. The van der Waals surface area contributed by atoms with Gasteiger partial charge in [-0.2, -0.15) is 0 Å². The van der Waals surface area contributed by atoms with Crippen LogP contribution in [0, 0.1) is 0 Å². The highest BCUT2D eigenvalue weighted by Gasteiger charge is 2.33. The third kappa shape index (κ3) is 1.22. The van der Waals surface area contributed by atoms with Crippen LogP contribution in [0.15, 0.2) is 24.3 Å². The van der Waals surface area contributed by atoms with Crippen LogP contribution in [0.2, 0.25) is 0 Å². The summed E-state index contributed by atoms with van der Waals surface area (Å²) in [4.78, 5) is 0. The van der Waals surface area contributed by atoms with Crippen LogP contribution in [-0.2, 0) is 4.74 Å². The van der Waals surface area contributed by atoms with Crippen LogP contribution < -0.4 is 4.74 Å². The Hall–Kier alpha value is -1.02. The molecule has 0 aromatic heterocycles. The summed E-state index contributed by atoms with van der Waals surface area (Å²) in [7, 11) is 0. The number of hydrogen-bond acceptors (Lipinski definition) is 2. The molecule has 0 amide bonds. The highest BCUT2D eigenvalue weighted by atomic mass is 16.5. The maximum Gasteiger partial charge on any atom is 0.123 e. The van der Waals surface area contributed by atoms with Crippen molar-refractivity contribution in [1.29, 1.82) is 0 Å². The summed E-state index contributed by atoms with van der Waals surface area (Å²) in [5.74, 6) is 1.52. The molecule has 0 radical (unpaired) electrons. The molecule has 2 nitrogen and oxygen atoms in total. The topological polar surface area (TPSA) is 18.5 Å². The number of hydrogen-bond donors (Lipinski definition) is 0. The molecule has 1 aromatic rings. The van der Waals surface area contributed by atoms with E-state index in [1.807, 2.05) is 12.1 Å². The predicted octanol–water partition coefficient (Wildman–Crippen LogP) is 2.34. The second-order valence-corrected chi connectivity index (χ2v) is 4.01. The Balaban J connectivity index is 1.89. The second-order valence-electron chi connectivity index (χ2n) is 4.01. The van der Waals surface area contributed by atoms with Gasteiger partial charge < -0.3 is 9.47 Å². The fourth-order valence-corrected chi connectivity index (χ4v) is 2.42. The first-order chi connectivity index (χ1) is 6.95. The van der Waals surface area contributed by atoms with E-state index in [1.165, 1.54) is 18.4 Å². The van der Waals surface area contributed by atoms with Crippen LogP contribution in [0.4, 0.5) is 0 Å². The molecule has 1 aromatic carbocycles. The van der Waals surface area contributed by atoms with E-state index in [0.29, 0.717) is 12.0 Å². The van der Waals surface area contributed by atoms with Crippen LogP contribution in [0.25, 0.3) is 0 Å². The largest absolute Gasteiger partial charge is 0.493 e. The SMILES string of the molecule is c1ccc2c(c1)OCC2C1CCCO1. The molecule has 74 valence electrons. The van der Waals surface area contributed by atoms with Crippen LogP contribution in [0.3, 0.4) is 0 Å². The van der Waals surface area contributed by atoms with Gasteiger partial charge >= 0.3 is 0 Å². The standard InChI is InChI=1S/C12H14O2/c1-2-5-11-9(4-1)10(8-14-11)12-6-3-7-13-12/h1-2,4-5,10,12H,3,6-8H2. The van der Waals surface area contributed by atoms with Gasteiger partial charge in [-0.15, -0.1) is 0 Å². The first kappa shape index (κ1) is 8.30. The molecule has 0 saturated carbocycles. The lowest BCUT2D eigenvalue weighted by Crippen LogP contribution is -2.18. The maximum absolute atomic E-state index is 5.71. The second kappa shape index (κ2) is 3.28. The monoisotopic (exact) mass is 190 g/mol. The fraction of sp³-hybridized carbons (Fsp3) is 0.500. The summed E-state index contributed by atoms with van der Waals surface area (Å²) >= 11 is 0. The van der Waals surface area contributed by atoms with Crippen molar-refractivity contribution in [1.82, 2.24) is 0 Å². The smallest absolute Gasteiger partial charge is 0.123 e. The minimum atomic E-state index is 0.388. The van der Waals surface area contributed by atoms with Crippen molar-refractivity contribution >= 4 is 0 Å². The zero-order valence-corrected chi connectivity index (χ0v) is 8.11. The van der Waals surface area contributed by atoms with E-state index in [9.17, 15) is 0 Å². The van der Waals surface area contributed by atoms with Gasteiger partial charge in [-0.3, -0.25) is 0 Å². The molecule has 2 heteroatoms. The Morgan fingerprint density at radius 2 is 2.14 bits per heavy atom. The minimum Gasteiger partial charge on any atom is -0.493 e. The molecule has 2 unspecified atom stereocenters. The van der Waals surface area contributed by atoms with Gasteiger partial charge in [0.25, 0.3) is 0 Å². The molecule has 0 aliphatic carbocycles. The van der Waals surface area contributed by atoms with Crippen LogP contribution >= 0.6 is 0 Å². The van der Waals surface area contributed by atoms with E-state index in [0.717, 1.165) is 19.0 Å². The molecule has 0 bridgehead atoms. The molecule has 2 atom stereocenters. The molecule has 0 spiro atoms. The van der Waals surface area contributed by atoms with Gasteiger partial charge in [-0.1, -0.05) is 18.2 Å². The lowest BCUT2D eigenvalue weighted by molar-refractivity contribution is 0.0811. The van der Waals surface area contributed by atoms with E-state index in [1.54, 1.807) is 0 Å². The summed E-state index contributed by atoms with van der Waals surface area (Å²) in [6, 6.07) is 8.31. The van der Waals surface area contributed by atoms with Crippen molar-refractivity contribution in [2.24, 2.45) is 0 Å². The van der Waals surface area contributed by atoms with Gasteiger partial charge in [0.1, 0.15) is 5.75 Å². The van der Waals surface area contributed by atoms with Gasteiger partial charge in [-0.05, 0) is 18.9 Å². The van der Waals surface area contributed by atoms with Crippen molar-refractivity contribution in [2.45, 2.75) is 24.9 Å². The minimum absolute atomic E-state index is 0.388.